The first kappa shape index (κ1) is 19.7. The summed E-state index contributed by atoms with van der Waals surface area (Å²) < 4.78 is 17.7. The van der Waals surface area contributed by atoms with Crippen LogP contribution in [0.4, 0.5) is 9.18 Å². The first-order valence-electron chi connectivity index (χ1n) is 8.66. The summed E-state index contributed by atoms with van der Waals surface area (Å²) in [6, 6.07) is -0.0758. The number of unbranched alkanes of at least 4 members (excludes halogenated alkanes) is 3. The fourth-order valence-electron chi connectivity index (χ4n) is 2.80. The maximum Gasteiger partial charge on any atom is 0.315 e. The third kappa shape index (κ3) is 8.16. The summed E-state index contributed by atoms with van der Waals surface area (Å²) >= 11 is 0. The Hall–Kier alpha value is -1.36. The number of allylic oxidation sites excluding steroid dienone is 2. The number of hydrogen-bond acceptors (Lipinski definition) is 2. The summed E-state index contributed by atoms with van der Waals surface area (Å²) in [6.07, 6.45) is 13.3. The van der Waals surface area contributed by atoms with E-state index in [1.165, 1.54) is 7.11 Å². The topological polar surface area (TPSA) is 50.4 Å². The number of ether oxygens (including phenoxy) is 1. The molecule has 0 saturated heterocycles. The van der Waals surface area contributed by atoms with Gasteiger partial charge >= 0.3 is 6.03 Å². The average molecular weight is 326 g/mol. The van der Waals surface area contributed by atoms with Gasteiger partial charge in [-0.1, -0.05) is 31.6 Å². The fourth-order valence-corrected chi connectivity index (χ4v) is 2.80. The SMILES string of the molecule is CCC1(NC(=O)NCCCCC/C=C(\F)COC)CC=CCC1. The van der Waals surface area contributed by atoms with Crippen LogP contribution in [0.1, 0.15) is 58.3 Å². The van der Waals surface area contributed by atoms with E-state index in [0.717, 1.165) is 44.9 Å². The molecule has 1 rings (SSSR count). The molecule has 1 aliphatic carbocycles. The molecule has 4 nitrogen and oxygen atoms in total. The molecule has 2 amide bonds. The highest BCUT2D eigenvalue weighted by atomic mass is 19.1. The zero-order chi connectivity index (χ0) is 17.0. The molecule has 1 unspecified atom stereocenters. The van der Waals surface area contributed by atoms with E-state index in [-0.39, 0.29) is 24.0 Å². The van der Waals surface area contributed by atoms with Crippen molar-refractivity contribution < 1.29 is 13.9 Å². The molecule has 0 aromatic carbocycles. The van der Waals surface area contributed by atoms with E-state index in [0.29, 0.717) is 13.0 Å². The molecule has 1 aliphatic rings. The molecule has 0 aliphatic heterocycles. The molecule has 0 radical (unpaired) electrons. The highest BCUT2D eigenvalue weighted by Gasteiger charge is 2.29. The number of methoxy groups -OCH3 is 1. The van der Waals surface area contributed by atoms with Crippen LogP contribution in [-0.4, -0.2) is 31.8 Å². The largest absolute Gasteiger partial charge is 0.378 e. The van der Waals surface area contributed by atoms with Crippen molar-refractivity contribution in [2.75, 3.05) is 20.3 Å². The summed E-state index contributed by atoms with van der Waals surface area (Å²) in [5, 5.41) is 6.06. The van der Waals surface area contributed by atoms with E-state index >= 15 is 0 Å². The lowest BCUT2D eigenvalue weighted by atomic mass is 9.83. The standard InChI is InChI=1S/C18H31FN2O2/c1-3-18(12-8-6-9-13-18)21-17(22)20-14-10-5-4-7-11-16(19)15-23-2/h6,8,11H,3-5,7,9-10,12-15H2,1-2H3,(H2,20,21,22)/b16-11-. The Kier molecular flexibility index (Phi) is 9.60. The molecule has 5 heteroatoms. The highest BCUT2D eigenvalue weighted by Crippen LogP contribution is 2.26. The number of urea groups is 1. The minimum absolute atomic E-state index is 0.0517. The van der Waals surface area contributed by atoms with Crippen LogP contribution in [0, 0.1) is 0 Å². The van der Waals surface area contributed by atoms with Gasteiger partial charge in [0.25, 0.3) is 0 Å². The average Bonchev–Trinajstić information content (AvgIpc) is 2.55. The van der Waals surface area contributed by atoms with Crippen LogP contribution in [0.5, 0.6) is 0 Å². The van der Waals surface area contributed by atoms with Crippen LogP contribution in [0.15, 0.2) is 24.1 Å². The van der Waals surface area contributed by atoms with E-state index in [1.807, 2.05) is 0 Å². The summed E-state index contributed by atoms with van der Waals surface area (Å²) in [7, 11) is 1.48. The number of carbonyl (C=O) groups excluding carboxylic acids is 1. The Morgan fingerprint density at radius 3 is 2.83 bits per heavy atom. The minimum atomic E-state index is -0.212. The maximum absolute atomic E-state index is 13.0. The third-order valence-corrected chi connectivity index (χ3v) is 4.33. The Morgan fingerprint density at radius 2 is 2.17 bits per heavy atom. The molecular formula is C18H31FN2O2. The smallest absolute Gasteiger partial charge is 0.315 e. The van der Waals surface area contributed by atoms with Gasteiger partial charge in [0.2, 0.25) is 0 Å². The molecule has 2 N–H and O–H groups in total. The van der Waals surface area contributed by atoms with Crippen molar-refractivity contribution in [1.29, 1.82) is 0 Å². The van der Waals surface area contributed by atoms with Gasteiger partial charge in [-0.15, -0.1) is 0 Å². The Labute approximate surface area is 139 Å². The predicted octanol–water partition coefficient (Wildman–Crippen LogP) is 4.23. The van der Waals surface area contributed by atoms with Gasteiger partial charge in [0.1, 0.15) is 5.83 Å². The molecule has 0 spiro atoms. The van der Waals surface area contributed by atoms with E-state index in [1.54, 1.807) is 6.08 Å². The lowest BCUT2D eigenvalue weighted by Gasteiger charge is -2.35. The summed E-state index contributed by atoms with van der Waals surface area (Å²) in [4.78, 5) is 12.0. The number of nitrogens with one attached hydrogen (secondary N) is 2. The van der Waals surface area contributed by atoms with Crippen molar-refractivity contribution in [1.82, 2.24) is 10.6 Å². The van der Waals surface area contributed by atoms with E-state index < -0.39 is 0 Å². The van der Waals surface area contributed by atoms with Crippen molar-refractivity contribution in [2.45, 2.75) is 63.8 Å². The molecule has 0 aromatic rings. The zero-order valence-corrected chi connectivity index (χ0v) is 14.5. The maximum atomic E-state index is 13.0. The molecule has 0 bridgehead atoms. The summed E-state index contributed by atoms with van der Waals surface area (Å²) in [5.74, 6) is -0.212. The van der Waals surface area contributed by atoms with Gasteiger partial charge in [0.15, 0.2) is 0 Å². The molecule has 23 heavy (non-hydrogen) atoms. The quantitative estimate of drug-likeness (QED) is 0.466. The van der Waals surface area contributed by atoms with Crippen LogP contribution in [-0.2, 0) is 4.74 Å². The van der Waals surface area contributed by atoms with Crippen molar-refractivity contribution in [3.63, 3.8) is 0 Å². The Balaban J connectivity index is 2.10. The van der Waals surface area contributed by atoms with Gasteiger partial charge in [-0.25, -0.2) is 9.18 Å². The van der Waals surface area contributed by atoms with E-state index in [2.05, 4.69) is 29.7 Å². The second kappa shape index (κ2) is 11.2. The second-order valence-corrected chi connectivity index (χ2v) is 6.16. The van der Waals surface area contributed by atoms with Crippen molar-refractivity contribution in [3.8, 4) is 0 Å². The normalized spacial score (nSPS) is 21.3. The fraction of sp³-hybridized carbons (Fsp3) is 0.722. The first-order valence-corrected chi connectivity index (χ1v) is 8.66. The highest BCUT2D eigenvalue weighted by molar-refractivity contribution is 5.74. The number of carbonyl (C=O) groups is 1. The molecule has 132 valence electrons. The van der Waals surface area contributed by atoms with Crippen molar-refractivity contribution >= 4 is 6.03 Å². The third-order valence-electron chi connectivity index (χ3n) is 4.33. The minimum Gasteiger partial charge on any atom is -0.378 e. The Morgan fingerprint density at radius 1 is 1.35 bits per heavy atom. The molecule has 0 heterocycles. The molecule has 0 aromatic heterocycles. The van der Waals surface area contributed by atoms with Gasteiger partial charge in [-0.3, -0.25) is 0 Å². The first-order chi connectivity index (χ1) is 11.1. The monoisotopic (exact) mass is 326 g/mol. The van der Waals surface area contributed by atoms with Gasteiger partial charge in [-0.05, 0) is 44.9 Å². The van der Waals surface area contributed by atoms with Crippen LogP contribution in [0.2, 0.25) is 0 Å². The molecule has 1 atom stereocenters. The number of hydrogen-bond donors (Lipinski definition) is 2. The van der Waals surface area contributed by atoms with Crippen molar-refractivity contribution in [2.24, 2.45) is 0 Å². The van der Waals surface area contributed by atoms with Crippen LogP contribution in [0.3, 0.4) is 0 Å². The van der Waals surface area contributed by atoms with Crippen LogP contribution < -0.4 is 10.6 Å². The second-order valence-electron chi connectivity index (χ2n) is 6.16. The predicted molar refractivity (Wildman–Crippen MR) is 92.1 cm³/mol. The zero-order valence-electron chi connectivity index (χ0n) is 14.5. The number of halogens is 1. The van der Waals surface area contributed by atoms with Crippen LogP contribution >= 0.6 is 0 Å². The number of rotatable bonds is 10. The lowest BCUT2D eigenvalue weighted by molar-refractivity contribution is 0.206. The van der Waals surface area contributed by atoms with E-state index in [4.69, 9.17) is 4.74 Å². The van der Waals surface area contributed by atoms with Gasteiger partial charge in [0, 0.05) is 19.2 Å². The van der Waals surface area contributed by atoms with Gasteiger partial charge < -0.3 is 15.4 Å². The summed E-state index contributed by atoms with van der Waals surface area (Å²) in [5.41, 5.74) is -0.0808. The van der Waals surface area contributed by atoms with Crippen LogP contribution in [0.25, 0.3) is 0 Å². The molecule has 0 saturated carbocycles. The van der Waals surface area contributed by atoms with Crippen molar-refractivity contribution in [3.05, 3.63) is 24.1 Å². The number of amides is 2. The molecular weight excluding hydrogens is 295 g/mol. The lowest BCUT2D eigenvalue weighted by Crippen LogP contribution is -2.52. The van der Waals surface area contributed by atoms with Gasteiger partial charge in [0.05, 0.1) is 6.61 Å². The Bertz CT molecular complexity index is 410. The molecule has 0 fully saturated rings. The van der Waals surface area contributed by atoms with E-state index in [9.17, 15) is 9.18 Å². The van der Waals surface area contributed by atoms with Gasteiger partial charge in [-0.2, -0.15) is 0 Å². The summed E-state index contributed by atoms with van der Waals surface area (Å²) in [6.45, 7) is 2.83.